The number of hydrogen-bond acceptors (Lipinski definition) is 3. The second-order valence-corrected chi connectivity index (χ2v) is 6.20. The molecule has 1 atom stereocenters. The van der Waals surface area contributed by atoms with Crippen LogP contribution in [-0.2, 0) is 5.41 Å². The van der Waals surface area contributed by atoms with Gasteiger partial charge in [-0.3, -0.25) is 4.90 Å². The van der Waals surface area contributed by atoms with Crippen LogP contribution in [0.1, 0.15) is 33.3 Å². The molecule has 0 aliphatic heterocycles. The predicted molar refractivity (Wildman–Crippen MR) is 79.3 cm³/mol. The molecule has 0 aliphatic carbocycles. The molecule has 1 unspecified atom stereocenters. The number of nitrogens with zero attached hydrogens (tertiary/aromatic N) is 1. The highest BCUT2D eigenvalue weighted by molar-refractivity contribution is 5.25. The van der Waals surface area contributed by atoms with E-state index in [2.05, 4.69) is 18.7 Å². The van der Waals surface area contributed by atoms with Gasteiger partial charge in [-0.15, -0.1) is 0 Å². The minimum atomic E-state index is -0.719. The summed E-state index contributed by atoms with van der Waals surface area (Å²) in [5, 5.41) is 19.7. The highest BCUT2D eigenvalue weighted by Gasteiger charge is 2.29. The number of aliphatic hydroxyl groups is 2. The molecule has 0 aromatic heterocycles. The first kappa shape index (κ1) is 16.2. The first-order valence-electron chi connectivity index (χ1n) is 6.92. The highest BCUT2D eigenvalue weighted by atomic mass is 16.3. The number of likely N-dealkylation sites (N-methyl/N-ethyl adjacent to an activating group) is 1. The Morgan fingerprint density at radius 2 is 1.63 bits per heavy atom. The van der Waals surface area contributed by atoms with Gasteiger partial charge in [-0.2, -0.15) is 0 Å². The lowest BCUT2D eigenvalue weighted by atomic mass is 9.82. The molecule has 19 heavy (non-hydrogen) atoms. The maximum absolute atomic E-state index is 9.96. The number of benzene rings is 1. The van der Waals surface area contributed by atoms with E-state index in [0.29, 0.717) is 6.54 Å². The summed E-state index contributed by atoms with van der Waals surface area (Å²) in [4.78, 5) is 2.18. The number of aliphatic hydroxyl groups excluding tert-OH is 1. The summed E-state index contributed by atoms with van der Waals surface area (Å²) in [6.07, 6.45) is 0. The Hall–Kier alpha value is -0.900. The van der Waals surface area contributed by atoms with Gasteiger partial charge in [0.1, 0.15) is 0 Å². The highest BCUT2D eigenvalue weighted by Crippen LogP contribution is 2.25. The zero-order valence-electron chi connectivity index (χ0n) is 12.6. The zero-order valence-corrected chi connectivity index (χ0v) is 12.6. The summed E-state index contributed by atoms with van der Waals surface area (Å²) in [6.45, 7) is 10.1. The van der Waals surface area contributed by atoms with Gasteiger partial charge in [-0.1, -0.05) is 44.2 Å². The Morgan fingerprint density at radius 1 is 1.05 bits per heavy atom. The van der Waals surface area contributed by atoms with Crippen molar-refractivity contribution in [1.29, 1.82) is 0 Å². The van der Waals surface area contributed by atoms with Crippen LogP contribution in [0.25, 0.3) is 0 Å². The summed E-state index contributed by atoms with van der Waals surface area (Å²) < 4.78 is 0. The van der Waals surface area contributed by atoms with E-state index in [1.807, 2.05) is 44.2 Å². The van der Waals surface area contributed by atoms with Gasteiger partial charge in [0.2, 0.25) is 0 Å². The van der Waals surface area contributed by atoms with Gasteiger partial charge in [0.25, 0.3) is 0 Å². The lowest BCUT2D eigenvalue weighted by Gasteiger charge is -2.36. The van der Waals surface area contributed by atoms with Crippen LogP contribution in [0, 0.1) is 0 Å². The maximum atomic E-state index is 9.96. The fourth-order valence-corrected chi connectivity index (χ4v) is 2.39. The van der Waals surface area contributed by atoms with Gasteiger partial charge in [0.15, 0.2) is 0 Å². The van der Waals surface area contributed by atoms with Crippen LogP contribution in [0.3, 0.4) is 0 Å². The Morgan fingerprint density at radius 3 is 2.05 bits per heavy atom. The summed E-state index contributed by atoms with van der Waals surface area (Å²) in [5.41, 5.74) is 0.109. The van der Waals surface area contributed by atoms with Crippen molar-refractivity contribution in [2.45, 2.75) is 38.7 Å². The lowest BCUT2D eigenvalue weighted by molar-refractivity contribution is 0.0261. The summed E-state index contributed by atoms with van der Waals surface area (Å²) in [6, 6.07) is 10.1. The molecule has 2 N–H and O–H groups in total. The fourth-order valence-electron chi connectivity index (χ4n) is 2.39. The molecule has 0 amide bonds. The quantitative estimate of drug-likeness (QED) is 0.793. The van der Waals surface area contributed by atoms with E-state index in [0.717, 1.165) is 18.7 Å². The van der Waals surface area contributed by atoms with Crippen LogP contribution in [0.15, 0.2) is 30.3 Å². The molecule has 0 fully saturated rings. The molecule has 1 aromatic carbocycles. The van der Waals surface area contributed by atoms with Gasteiger partial charge < -0.3 is 10.2 Å². The topological polar surface area (TPSA) is 43.7 Å². The van der Waals surface area contributed by atoms with E-state index in [4.69, 9.17) is 0 Å². The van der Waals surface area contributed by atoms with Crippen molar-refractivity contribution in [2.24, 2.45) is 0 Å². The predicted octanol–water partition coefficient (Wildman–Crippen LogP) is 2.03. The number of rotatable bonds is 7. The third kappa shape index (κ3) is 4.94. The van der Waals surface area contributed by atoms with Crippen molar-refractivity contribution < 1.29 is 10.2 Å². The Kier molecular flexibility index (Phi) is 5.53. The maximum Gasteiger partial charge on any atom is 0.0718 e. The van der Waals surface area contributed by atoms with Crippen LogP contribution >= 0.6 is 0 Å². The standard InChI is InChI=1S/C16H27NO2/c1-5-17(11-15(2,3)19)12-16(4,13-18)14-9-7-6-8-10-14/h6-10,18-19H,5,11-13H2,1-4H3. The minimum Gasteiger partial charge on any atom is -0.395 e. The van der Waals surface area contributed by atoms with E-state index >= 15 is 0 Å². The molecule has 0 heterocycles. The van der Waals surface area contributed by atoms with Crippen molar-refractivity contribution in [2.75, 3.05) is 26.2 Å². The third-order valence-electron chi connectivity index (χ3n) is 3.45. The van der Waals surface area contributed by atoms with E-state index in [1.54, 1.807) is 0 Å². The fraction of sp³-hybridized carbons (Fsp3) is 0.625. The van der Waals surface area contributed by atoms with Gasteiger partial charge in [-0.05, 0) is 26.0 Å². The van der Waals surface area contributed by atoms with Gasteiger partial charge in [0.05, 0.1) is 12.2 Å². The molecule has 0 aliphatic rings. The molecule has 0 spiro atoms. The molecule has 108 valence electrons. The Labute approximate surface area is 116 Å². The molecular weight excluding hydrogens is 238 g/mol. The minimum absolute atomic E-state index is 0.0966. The van der Waals surface area contributed by atoms with E-state index in [-0.39, 0.29) is 12.0 Å². The second-order valence-electron chi connectivity index (χ2n) is 6.20. The second kappa shape index (κ2) is 6.51. The van der Waals surface area contributed by atoms with Crippen molar-refractivity contribution in [3.05, 3.63) is 35.9 Å². The SMILES string of the molecule is CCN(CC(C)(C)O)CC(C)(CO)c1ccccc1. The van der Waals surface area contributed by atoms with Gasteiger partial charge in [-0.25, -0.2) is 0 Å². The first-order chi connectivity index (χ1) is 8.80. The summed E-state index contributed by atoms with van der Waals surface area (Å²) >= 11 is 0. The Bertz CT molecular complexity index is 372. The van der Waals surface area contributed by atoms with Crippen molar-refractivity contribution in [3.8, 4) is 0 Å². The molecule has 0 saturated carbocycles. The van der Waals surface area contributed by atoms with Gasteiger partial charge in [0, 0.05) is 18.5 Å². The van der Waals surface area contributed by atoms with Gasteiger partial charge >= 0.3 is 0 Å². The molecular formula is C16H27NO2. The molecule has 0 bridgehead atoms. The van der Waals surface area contributed by atoms with Crippen molar-refractivity contribution in [3.63, 3.8) is 0 Å². The molecule has 0 radical (unpaired) electrons. The number of hydrogen-bond donors (Lipinski definition) is 2. The van der Waals surface area contributed by atoms with E-state index < -0.39 is 5.60 Å². The lowest BCUT2D eigenvalue weighted by Crippen LogP contribution is -2.46. The van der Waals surface area contributed by atoms with E-state index in [1.165, 1.54) is 0 Å². The van der Waals surface area contributed by atoms with E-state index in [9.17, 15) is 10.2 Å². The van der Waals surface area contributed by atoms with Crippen LogP contribution in [0.4, 0.5) is 0 Å². The summed E-state index contributed by atoms with van der Waals surface area (Å²) in [7, 11) is 0. The summed E-state index contributed by atoms with van der Waals surface area (Å²) in [5.74, 6) is 0. The molecule has 3 heteroatoms. The average molecular weight is 265 g/mol. The van der Waals surface area contributed by atoms with Crippen LogP contribution in [0.5, 0.6) is 0 Å². The molecule has 3 nitrogen and oxygen atoms in total. The normalized spacial score (nSPS) is 15.5. The van der Waals surface area contributed by atoms with Crippen LogP contribution < -0.4 is 0 Å². The zero-order chi connectivity index (χ0) is 14.5. The average Bonchev–Trinajstić information content (AvgIpc) is 2.37. The molecule has 1 rings (SSSR count). The molecule has 0 saturated heterocycles. The Balaban J connectivity index is 2.85. The monoisotopic (exact) mass is 265 g/mol. The van der Waals surface area contributed by atoms with Crippen LogP contribution in [-0.4, -0.2) is 47.0 Å². The van der Waals surface area contributed by atoms with Crippen molar-refractivity contribution >= 4 is 0 Å². The molecule has 1 aromatic rings. The smallest absolute Gasteiger partial charge is 0.0718 e. The third-order valence-corrected chi connectivity index (χ3v) is 3.45. The van der Waals surface area contributed by atoms with Crippen LogP contribution in [0.2, 0.25) is 0 Å². The largest absolute Gasteiger partial charge is 0.395 e. The first-order valence-corrected chi connectivity index (χ1v) is 6.92. The van der Waals surface area contributed by atoms with Crippen molar-refractivity contribution in [1.82, 2.24) is 4.90 Å².